The number of alkyl carbamates (subject to hydrolysis) is 1. The third kappa shape index (κ3) is 7.58. The molecule has 0 aromatic heterocycles. The van der Waals surface area contributed by atoms with Gasteiger partial charge in [0.15, 0.2) is 0 Å². The van der Waals surface area contributed by atoms with Crippen LogP contribution in [0.1, 0.15) is 6.92 Å². The van der Waals surface area contributed by atoms with Crippen LogP contribution in [0.15, 0.2) is 0 Å². The van der Waals surface area contributed by atoms with Crippen molar-refractivity contribution in [2.75, 3.05) is 25.2 Å². The number of thioether (sulfide) groups is 1. The number of amides is 2. The lowest BCUT2D eigenvalue weighted by Gasteiger charge is -2.09. The standard InChI is InChI=1S/C9H16N2O5S/c1-3-16-8(13)6(10)4-17-5-7(12)11-9(14)15-2/h6H,3-5,10H2,1-2H3,(H,11,12,14). The molecule has 0 saturated carbocycles. The molecule has 1 atom stereocenters. The van der Waals surface area contributed by atoms with Crippen LogP contribution >= 0.6 is 11.8 Å². The molecule has 0 heterocycles. The van der Waals surface area contributed by atoms with Gasteiger partial charge in [-0.3, -0.25) is 14.9 Å². The molecule has 0 rings (SSSR count). The molecule has 1 unspecified atom stereocenters. The zero-order chi connectivity index (χ0) is 13.3. The highest BCUT2D eigenvalue weighted by Gasteiger charge is 2.15. The van der Waals surface area contributed by atoms with Crippen LogP contribution in [0, 0.1) is 0 Å². The molecule has 0 aromatic carbocycles. The maximum absolute atomic E-state index is 11.1. The first-order chi connectivity index (χ1) is 8.01. The van der Waals surface area contributed by atoms with Crippen molar-refractivity contribution in [3.63, 3.8) is 0 Å². The second-order valence-electron chi connectivity index (χ2n) is 2.91. The Hall–Kier alpha value is -1.28. The largest absolute Gasteiger partial charge is 0.465 e. The molecule has 0 aliphatic rings. The first-order valence-corrected chi connectivity index (χ1v) is 6.04. The van der Waals surface area contributed by atoms with Crippen LogP contribution in [0.25, 0.3) is 0 Å². The van der Waals surface area contributed by atoms with Gasteiger partial charge in [-0.15, -0.1) is 11.8 Å². The van der Waals surface area contributed by atoms with E-state index in [0.717, 1.165) is 18.9 Å². The number of imide groups is 1. The molecule has 7 nitrogen and oxygen atoms in total. The molecule has 17 heavy (non-hydrogen) atoms. The zero-order valence-electron chi connectivity index (χ0n) is 9.73. The minimum absolute atomic E-state index is 0.0161. The van der Waals surface area contributed by atoms with Gasteiger partial charge in [0.2, 0.25) is 5.91 Å². The summed E-state index contributed by atoms with van der Waals surface area (Å²) in [6.07, 6.45) is -0.815. The number of nitrogens with two attached hydrogens (primary N) is 1. The van der Waals surface area contributed by atoms with Crippen molar-refractivity contribution >= 4 is 29.7 Å². The van der Waals surface area contributed by atoms with Crippen molar-refractivity contribution in [3.8, 4) is 0 Å². The van der Waals surface area contributed by atoms with Gasteiger partial charge in [0.25, 0.3) is 0 Å². The third-order valence-corrected chi connectivity index (χ3v) is 2.61. The van der Waals surface area contributed by atoms with E-state index in [9.17, 15) is 14.4 Å². The number of carbonyl (C=O) groups is 3. The summed E-state index contributed by atoms with van der Waals surface area (Å²) in [5.74, 6) is -0.749. The van der Waals surface area contributed by atoms with Crippen molar-refractivity contribution in [2.24, 2.45) is 5.73 Å². The third-order valence-electron chi connectivity index (χ3n) is 1.55. The lowest BCUT2D eigenvalue weighted by Crippen LogP contribution is -2.36. The van der Waals surface area contributed by atoms with Gasteiger partial charge in [-0.1, -0.05) is 0 Å². The second-order valence-corrected chi connectivity index (χ2v) is 3.94. The lowest BCUT2D eigenvalue weighted by molar-refractivity contribution is -0.144. The Morgan fingerprint density at radius 1 is 1.41 bits per heavy atom. The predicted octanol–water partition coefficient (Wildman–Crippen LogP) is -0.507. The monoisotopic (exact) mass is 264 g/mol. The first-order valence-electron chi connectivity index (χ1n) is 4.89. The number of rotatable bonds is 6. The van der Waals surface area contributed by atoms with Gasteiger partial charge < -0.3 is 15.2 Å². The quantitative estimate of drug-likeness (QED) is 0.622. The summed E-state index contributed by atoms with van der Waals surface area (Å²) in [5, 5.41) is 1.98. The highest BCUT2D eigenvalue weighted by atomic mass is 32.2. The van der Waals surface area contributed by atoms with Crippen LogP contribution in [0.2, 0.25) is 0 Å². The van der Waals surface area contributed by atoms with E-state index in [-0.39, 0.29) is 18.1 Å². The summed E-state index contributed by atoms with van der Waals surface area (Å²) in [5.41, 5.74) is 5.50. The van der Waals surface area contributed by atoms with Gasteiger partial charge in [-0.25, -0.2) is 4.79 Å². The topological polar surface area (TPSA) is 108 Å². The van der Waals surface area contributed by atoms with E-state index < -0.39 is 24.0 Å². The molecule has 0 spiro atoms. The number of hydrogen-bond acceptors (Lipinski definition) is 7. The fraction of sp³-hybridized carbons (Fsp3) is 0.667. The lowest BCUT2D eigenvalue weighted by atomic mass is 10.4. The molecular weight excluding hydrogens is 248 g/mol. The van der Waals surface area contributed by atoms with Crippen LogP contribution < -0.4 is 11.1 Å². The molecule has 3 N–H and O–H groups in total. The minimum Gasteiger partial charge on any atom is -0.465 e. The Balaban J connectivity index is 3.72. The molecule has 2 amide bonds. The van der Waals surface area contributed by atoms with Crippen molar-refractivity contribution in [1.29, 1.82) is 0 Å². The number of nitrogens with one attached hydrogen (secondary N) is 1. The van der Waals surface area contributed by atoms with Crippen LogP contribution in [0.3, 0.4) is 0 Å². The smallest absolute Gasteiger partial charge is 0.413 e. The highest BCUT2D eigenvalue weighted by Crippen LogP contribution is 2.02. The number of ether oxygens (including phenoxy) is 2. The summed E-state index contributed by atoms with van der Waals surface area (Å²) in [4.78, 5) is 32.9. The van der Waals surface area contributed by atoms with Gasteiger partial charge in [-0.05, 0) is 6.92 Å². The van der Waals surface area contributed by atoms with Gasteiger partial charge in [0.05, 0.1) is 19.5 Å². The average Bonchev–Trinajstić information content (AvgIpc) is 2.28. The Bertz CT molecular complexity index is 285. The normalized spacial score (nSPS) is 11.5. The van der Waals surface area contributed by atoms with Crippen molar-refractivity contribution < 1.29 is 23.9 Å². The van der Waals surface area contributed by atoms with E-state index in [2.05, 4.69) is 4.74 Å². The van der Waals surface area contributed by atoms with Crippen molar-refractivity contribution in [3.05, 3.63) is 0 Å². The molecule has 0 aliphatic heterocycles. The Labute approximate surface area is 103 Å². The maximum Gasteiger partial charge on any atom is 0.413 e. The Morgan fingerprint density at radius 3 is 2.59 bits per heavy atom. The summed E-state index contributed by atoms with van der Waals surface area (Å²) in [6.45, 7) is 1.95. The molecule has 98 valence electrons. The van der Waals surface area contributed by atoms with E-state index in [1.165, 1.54) is 0 Å². The molecule has 0 aliphatic carbocycles. The van der Waals surface area contributed by atoms with Gasteiger partial charge >= 0.3 is 12.1 Å². The van der Waals surface area contributed by atoms with Gasteiger partial charge in [0, 0.05) is 5.75 Å². The van der Waals surface area contributed by atoms with E-state index in [0.29, 0.717) is 0 Å². The molecule has 0 fully saturated rings. The maximum atomic E-state index is 11.1. The molecule has 0 radical (unpaired) electrons. The predicted molar refractivity (Wildman–Crippen MR) is 62.5 cm³/mol. The van der Waals surface area contributed by atoms with Crippen molar-refractivity contribution in [2.45, 2.75) is 13.0 Å². The van der Waals surface area contributed by atoms with Crippen molar-refractivity contribution in [1.82, 2.24) is 5.32 Å². The van der Waals surface area contributed by atoms with E-state index >= 15 is 0 Å². The molecule has 0 bridgehead atoms. The Kier molecular flexibility index (Phi) is 8.16. The number of carbonyl (C=O) groups excluding carboxylic acids is 3. The van der Waals surface area contributed by atoms with E-state index in [1.54, 1.807) is 6.92 Å². The first kappa shape index (κ1) is 15.7. The minimum atomic E-state index is -0.815. The van der Waals surface area contributed by atoms with Gasteiger partial charge in [0.1, 0.15) is 6.04 Å². The number of esters is 1. The SMILES string of the molecule is CCOC(=O)C(N)CSCC(=O)NC(=O)OC. The van der Waals surface area contributed by atoms with Crippen LogP contribution in [-0.4, -0.2) is 49.2 Å². The number of hydrogen-bond donors (Lipinski definition) is 2. The van der Waals surface area contributed by atoms with E-state index in [4.69, 9.17) is 10.5 Å². The fourth-order valence-electron chi connectivity index (χ4n) is 0.797. The summed E-state index contributed by atoms with van der Waals surface area (Å²) in [7, 11) is 1.16. The molecule has 8 heteroatoms. The zero-order valence-corrected chi connectivity index (χ0v) is 10.5. The number of methoxy groups -OCH3 is 1. The van der Waals surface area contributed by atoms with E-state index in [1.807, 2.05) is 5.32 Å². The van der Waals surface area contributed by atoms with Crippen LogP contribution in [-0.2, 0) is 19.1 Å². The molecule has 0 saturated heterocycles. The second kappa shape index (κ2) is 8.82. The Morgan fingerprint density at radius 2 is 2.06 bits per heavy atom. The highest BCUT2D eigenvalue weighted by molar-refractivity contribution is 8.00. The summed E-state index contributed by atoms with van der Waals surface area (Å²) < 4.78 is 8.93. The average molecular weight is 264 g/mol. The molecule has 0 aromatic rings. The van der Waals surface area contributed by atoms with Crippen LogP contribution in [0.5, 0.6) is 0 Å². The van der Waals surface area contributed by atoms with Gasteiger partial charge in [-0.2, -0.15) is 0 Å². The molecular formula is C9H16N2O5S. The fourth-order valence-corrected chi connectivity index (χ4v) is 1.56. The summed E-state index contributed by atoms with van der Waals surface area (Å²) in [6, 6.07) is -0.772. The summed E-state index contributed by atoms with van der Waals surface area (Å²) >= 11 is 1.13. The van der Waals surface area contributed by atoms with Crippen LogP contribution in [0.4, 0.5) is 4.79 Å².